The Labute approximate surface area is 230 Å². The molecule has 2 aromatic rings. The van der Waals surface area contributed by atoms with Gasteiger partial charge < -0.3 is 15.0 Å². The number of nitriles is 1. The number of nitrogens with zero attached hydrogens (tertiary/aromatic N) is 2. The summed E-state index contributed by atoms with van der Waals surface area (Å²) in [5, 5.41) is 11.9. The summed E-state index contributed by atoms with van der Waals surface area (Å²) < 4.78 is 36.7. The van der Waals surface area contributed by atoms with Crippen molar-refractivity contribution in [2.45, 2.75) is 53.6 Å². The van der Waals surface area contributed by atoms with Crippen LogP contribution >= 0.6 is 11.6 Å². The maximum absolute atomic E-state index is 12.2. The van der Waals surface area contributed by atoms with Crippen LogP contribution in [-0.4, -0.2) is 43.8 Å². The minimum Gasteiger partial charge on any atom is -0.341 e. The summed E-state index contributed by atoms with van der Waals surface area (Å²) in [6.45, 7) is 11.9. The number of likely N-dealkylation sites (tertiary alicyclic amines) is 1. The summed E-state index contributed by atoms with van der Waals surface area (Å²) in [4.78, 5) is 22.3. The number of carbonyl (C=O) groups is 2. The fourth-order valence-electron chi connectivity index (χ4n) is 3.64. The molecule has 1 aliphatic rings. The second-order valence-electron chi connectivity index (χ2n) is 9.00. The van der Waals surface area contributed by atoms with Crippen LogP contribution in [0.15, 0.2) is 42.5 Å². The van der Waals surface area contributed by atoms with Gasteiger partial charge in [0.25, 0.3) is 0 Å². The lowest BCUT2D eigenvalue weighted by atomic mass is 9.95. The van der Waals surface area contributed by atoms with Gasteiger partial charge in [0.1, 0.15) is 12.4 Å². The number of carbonyl (C=O) groups excluding carboxylic acids is 2. The van der Waals surface area contributed by atoms with E-state index in [9.17, 15) is 18.0 Å². The van der Waals surface area contributed by atoms with Gasteiger partial charge in [0.2, 0.25) is 5.91 Å². The molecule has 9 heteroatoms. The summed E-state index contributed by atoms with van der Waals surface area (Å²) in [7, 11) is 1.81. The Hall–Kier alpha value is -2.89. The van der Waals surface area contributed by atoms with E-state index in [2.05, 4.69) is 19.2 Å². The van der Waals surface area contributed by atoms with Crippen LogP contribution in [0.25, 0.3) is 0 Å². The number of benzene rings is 2. The largest absolute Gasteiger partial charge is 0.416 e. The first-order valence-corrected chi connectivity index (χ1v) is 12.9. The zero-order valence-corrected chi connectivity index (χ0v) is 23.8. The normalized spacial score (nSPS) is 14.2. The third kappa shape index (κ3) is 13.1. The van der Waals surface area contributed by atoms with Crippen molar-refractivity contribution in [3.05, 3.63) is 69.7 Å². The molecule has 1 saturated heterocycles. The van der Waals surface area contributed by atoms with Crippen LogP contribution in [0.2, 0.25) is 5.02 Å². The van der Waals surface area contributed by atoms with E-state index >= 15 is 0 Å². The first-order valence-electron chi connectivity index (χ1n) is 12.5. The maximum Gasteiger partial charge on any atom is 0.416 e. The predicted molar refractivity (Wildman–Crippen MR) is 147 cm³/mol. The van der Waals surface area contributed by atoms with Crippen LogP contribution in [0.5, 0.6) is 0 Å². The Balaban J connectivity index is 0.000000516. The lowest BCUT2D eigenvalue weighted by Gasteiger charge is -2.17. The number of hydrogen-bond acceptors (Lipinski definition) is 4. The molecule has 1 N–H and O–H groups in total. The molecule has 1 amide bonds. The molecule has 2 aromatic carbocycles. The molecule has 38 heavy (non-hydrogen) atoms. The minimum absolute atomic E-state index is 0.241. The average Bonchev–Trinajstić information content (AvgIpc) is 3.36. The zero-order chi connectivity index (χ0) is 29.3. The number of nitrogens with one attached hydrogen (secondary N) is 1. The summed E-state index contributed by atoms with van der Waals surface area (Å²) in [5.41, 5.74) is 1.44. The van der Waals surface area contributed by atoms with Gasteiger partial charge >= 0.3 is 6.18 Å². The summed E-state index contributed by atoms with van der Waals surface area (Å²) in [6.07, 6.45) is -1.88. The van der Waals surface area contributed by atoms with Crippen molar-refractivity contribution in [3.8, 4) is 6.07 Å². The fourth-order valence-corrected chi connectivity index (χ4v) is 3.91. The number of hydrogen-bond donors (Lipinski definition) is 1. The molecule has 0 spiro atoms. The smallest absolute Gasteiger partial charge is 0.341 e. The molecule has 1 unspecified atom stereocenters. The fraction of sp³-hybridized carbons (Fsp3) is 0.483. The first-order chi connectivity index (χ1) is 17.9. The molecule has 0 aliphatic carbocycles. The van der Waals surface area contributed by atoms with Gasteiger partial charge in [0.05, 0.1) is 22.7 Å². The Morgan fingerprint density at radius 3 is 2.29 bits per heavy atom. The predicted octanol–water partition coefficient (Wildman–Crippen LogP) is 6.70. The molecule has 0 aromatic heterocycles. The molecule has 1 aliphatic heterocycles. The summed E-state index contributed by atoms with van der Waals surface area (Å²) in [5.74, 6) is 1.65. The van der Waals surface area contributed by atoms with Crippen molar-refractivity contribution < 1.29 is 22.8 Å². The molecule has 1 heterocycles. The highest BCUT2D eigenvalue weighted by Crippen LogP contribution is 2.31. The molecule has 1 fully saturated rings. The van der Waals surface area contributed by atoms with Gasteiger partial charge in [0, 0.05) is 13.1 Å². The highest BCUT2D eigenvalue weighted by atomic mass is 35.5. The summed E-state index contributed by atoms with van der Waals surface area (Å²) in [6, 6.07) is 13.0. The third-order valence-electron chi connectivity index (χ3n) is 5.80. The Morgan fingerprint density at radius 2 is 1.87 bits per heavy atom. The number of halogens is 4. The van der Waals surface area contributed by atoms with Gasteiger partial charge in [-0.1, -0.05) is 56.6 Å². The van der Waals surface area contributed by atoms with Crippen molar-refractivity contribution in [1.82, 2.24) is 10.2 Å². The maximum atomic E-state index is 12.2. The second-order valence-corrected chi connectivity index (χ2v) is 9.41. The van der Waals surface area contributed by atoms with Crippen LogP contribution in [0, 0.1) is 30.1 Å². The van der Waals surface area contributed by atoms with Gasteiger partial charge in [-0.25, -0.2) is 0 Å². The Kier molecular flexibility index (Phi) is 17.0. The monoisotopic (exact) mass is 553 g/mol. The molecule has 1 atom stereocenters. The standard InChI is InChI=1S/C10H20N2O.C9H9F3.C8H6ClN.C2H4O/c1-8(2)9-4-5-12(7-9)10(13)6-11-3;1-2-7-5-3-4-6-8(7)9(10,11)12;1-6-2-3-7(5-10)8(9)4-6;1-2-3/h8-9,11H,4-7H2,1-3H3;3-6H,2H2,1H3;2-4H,1H3;2H,1H3. The minimum atomic E-state index is -4.22. The highest BCUT2D eigenvalue weighted by molar-refractivity contribution is 6.31. The molecule has 0 radical (unpaired) electrons. The van der Waals surface area contributed by atoms with E-state index in [1.165, 1.54) is 25.5 Å². The van der Waals surface area contributed by atoms with Gasteiger partial charge in [-0.3, -0.25) is 4.79 Å². The van der Waals surface area contributed by atoms with Crippen molar-refractivity contribution in [2.24, 2.45) is 11.8 Å². The summed E-state index contributed by atoms with van der Waals surface area (Å²) >= 11 is 5.71. The van der Waals surface area contributed by atoms with E-state index < -0.39 is 11.7 Å². The zero-order valence-electron chi connectivity index (χ0n) is 23.0. The Bertz CT molecular complexity index is 1040. The molecule has 0 bridgehead atoms. The van der Waals surface area contributed by atoms with E-state index in [1.54, 1.807) is 25.1 Å². The van der Waals surface area contributed by atoms with Crippen LogP contribution in [0.4, 0.5) is 13.2 Å². The van der Waals surface area contributed by atoms with Crippen LogP contribution < -0.4 is 5.32 Å². The lowest BCUT2D eigenvalue weighted by molar-refractivity contribution is -0.138. The number of aldehydes is 1. The van der Waals surface area contributed by atoms with E-state index in [0.717, 1.165) is 31.0 Å². The molecule has 0 saturated carbocycles. The van der Waals surface area contributed by atoms with E-state index in [-0.39, 0.29) is 5.91 Å². The van der Waals surface area contributed by atoms with Crippen LogP contribution in [-0.2, 0) is 22.2 Å². The van der Waals surface area contributed by atoms with Crippen molar-refractivity contribution in [2.75, 3.05) is 26.7 Å². The number of likely N-dealkylation sites (N-methyl/N-ethyl adjacent to an activating group) is 1. The SMILES string of the molecule is CC=O.CCc1ccccc1C(F)(F)F.CNCC(=O)N1CCC(C(C)C)C1.Cc1ccc(C#N)c(Cl)c1. The van der Waals surface area contributed by atoms with Crippen molar-refractivity contribution in [3.63, 3.8) is 0 Å². The van der Waals surface area contributed by atoms with Gasteiger partial charge in [-0.2, -0.15) is 18.4 Å². The topological polar surface area (TPSA) is 73.2 Å². The quantitative estimate of drug-likeness (QED) is 0.427. The average molecular weight is 554 g/mol. The number of alkyl halides is 3. The molecular weight excluding hydrogens is 515 g/mol. The van der Waals surface area contributed by atoms with E-state index in [0.29, 0.717) is 41.0 Å². The van der Waals surface area contributed by atoms with Crippen molar-refractivity contribution in [1.29, 1.82) is 5.26 Å². The molecule has 5 nitrogen and oxygen atoms in total. The molecule has 210 valence electrons. The lowest BCUT2D eigenvalue weighted by Crippen LogP contribution is -2.35. The molecular formula is C29H39ClF3N3O2. The number of rotatable bonds is 4. The van der Waals surface area contributed by atoms with E-state index in [1.807, 2.05) is 31.0 Å². The number of amides is 1. The second kappa shape index (κ2) is 18.4. The van der Waals surface area contributed by atoms with Crippen molar-refractivity contribution >= 4 is 23.8 Å². The van der Waals surface area contributed by atoms with Crippen LogP contribution in [0.1, 0.15) is 56.4 Å². The van der Waals surface area contributed by atoms with Gasteiger partial charge in [-0.15, -0.1) is 0 Å². The third-order valence-corrected chi connectivity index (χ3v) is 6.11. The number of aryl methyl sites for hydroxylation is 2. The Morgan fingerprint density at radius 1 is 1.26 bits per heavy atom. The molecule has 3 rings (SSSR count). The van der Waals surface area contributed by atoms with E-state index in [4.69, 9.17) is 21.7 Å². The first kappa shape index (κ1) is 35.1. The van der Waals surface area contributed by atoms with Gasteiger partial charge in [0.15, 0.2) is 0 Å². The highest BCUT2D eigenvalue weighted by Gasteiger charge is 2.32. The van der Waals surface area contributed by atoms with Crippen LogP contribution in [0.3, 0.4) is 0 Å². The van der Waals surface area contributed by atoms with Gasteiger partial charge in [-0.05, 0) is 74.9 Å².